The van der Waals surface area contributed by atoms with E-state index in [2.05, 4.69) is 81.1 Å². The first kappa shape index (κ1) is 15.1. The van der Waals surface area contributed by atoms with Crippen molar-refractivity contribution in [2.24, 2.45) is 0 Å². The van der Waals surface area contributed by atoms with Crippen molar-refractivity contribution in [2.45, 2.75) is 45.3 Å². The molecule has 1 heterocycles. The Morgan fingerprint density at radius 2 is 1.50 bits per heavy atom. The van der Waals surface area contributed by atoms with Gasteiger partial charge in [0.1, 0.15) is 5.75 Å². The van der Waals surface area contributed by atoms with E-state index in [4.69, 9.17) is 4.74 Å². The Hall–Kier alpha value is -1.80. The molecule has 2 aromatic rings. The van der Waals surface area contributed by atoms with Crippen molar-refractivity contribution in [1.82, 2.24) is 4.90 Å². The van der Waals surface area contributed by atoms with Crippen LogP contribution < -0.4 is 4.74 Å². The van der Waals surface area contributed by atoms with Gasteiger partial charge in [-0.1, -0.05) is 36.4 Å². The highest BCUT2D eigenvalue weighted by Crippen LogP contribution is 2.50. The summed E-state index contributed by atoms with van der Waals surface area (Å²) in [4.78, 5) is 2.58. The molecule has 0 amide bonds. The fourth-order valence-electron chi connectivity index (χ4n) is 3.84. The summed E-state index contributed by atoms with van der Waals surface area (Å²) in [6.45, 7) is 10.2. The van der Waals surface area contributed by atoms with E-state index in [9.17, 15) is 0 Å². The molecular weight excluding hydrogens is 270 g/mol. The maximum absolute atomic E-state index is 5.44. The maximum Gasteiger partial charge on any atom is 0.119 e. The van der Waals surface area contributed by atoms with Crippen molar-refractivity contribution in [1.29, 1.82) is 0 Å². The standard InChI is InChI=1S/C20H25NO/c1-19(2)17-12-11-16(22-5)13-18(17)20(3,4)21(19)14-15-9-7-6-8-10-15/h6-13H,14H2,1-5H3. The van der Waals surface area contributed by atoms with Crippen LogP contribution in [0.2, 0.25) is 0 Å². The third-order valence-electron chi connectivity index (χ3n) is 5.08. The second kappa shape index (κ2) is 5.13. The molecule has 22 heavy (non-hydrogen) atoms. The highest BCUT2D eigenvalue weighted by atomic mass is 16.5. The van der Waals surface area contributed by atoms with E-state index >= 15 is 0 Å². The first-order valence-electron chi connectivity index (χ1n) is 7.88. The van der Waals surface area contributed by atoms with Crippen LogP contribution in [0.1, 0.15) is 44.4 Å². The molecule has 2 aromatic carbocycles. The summed E-state index contributed by atoms with van der Waals surface area (Å²) in [7, 11) is 1.73. The van der Waals surface area contributed by atoms with Gasteiger partial charge in [0.15, 0.2) is 0 Å². The number of fused-ring (bicyclic) bond motifs is 1. The molecule has 0 saturated carbocycles. The van der Waals surface area contributed by atoms with Crippen molar-refractivity contribution >= 4 is 0 Å². The van der Waals surface area contributed by atoms with Crippen LogP contribution in [-0.4, -0.2) is 12.0 Å². The monoisotopic (exact) mass is 295 g/mol. The SMILES string of the molecule is COc1ccc2c(c1)C(C)(C)N(Cc1ccccc1)C2(C)C. The van der Waals surface area contributed by atoms with Crippen molar-refractivity contribution in [3.63, 3.8) is 0 Å². The van der Waals surface area contributed by atoms with Crippen molar-refractivity contribution in [3.8, 4) is 5.75 Å². The molecule has 0 N–H and O–H groups in total. The normalized spacial score (nSPS) is 19.0. The lowest BCUT2D eigenvalue weighted by atomic mass is 9.90. The van der Waals surface area contributed by atoms with Crippen LogP contribution in [0, 0.1) is 0 Å². The molecular formula is C20H25NO. The van der Waals surface area contributed by atoms with Gasteiger partial charge in [0.2, 0.25) is 0 Å². The molecule has 3 rings (SSSR count). The van der Waals surface area contributed by atoms with E-state index in [1.165, 1.54) is 16.7 Å². The summed E-state index contributed by atoms with van der Waals surface area (Å²) < 4.78 is 5.44. The number of hydrogen-bond donors (Lipinski definition) is 0. The third-order valence-corrected chi connectivity index (χ3v) is 5.08. The van der Waals surface area contributed by atoms with Gasteiger partial charge in [-0.3, -0.25) is 4.90 Å². The van der Waals surface area contributed by atoms with E-state index in [1.807, 2.05) is 0 Å². The number of methoxy groups -OCH3 is 1. The van der Waals surface area contributed by atoms with E-state index in [0.717, 1.165) is 12.3 Å². The van der Waals surface area contributed by atoms with Crippen molar-refractivity contribution in [3.05, 3.63) is 65.2 Å². The average molecular weight is 295 g/mol. The van der Waals surface area contributed by atoms with Gasteiger partial charge in [0, 0.05) is 17.6 Å². The van der Waals surface area contributed by atoms with Crippen LogP contribution >= 0.6 is 0 Å². The summed E-state index contributed by atoms with van der Waals surface area (Å²) in [5, 5.41) is 0. The molecule has 2 nitrogen and oxygen atoms in total. The Kier molecular flexibility index (Phi) is 3.53. The molecule has 0 bridgehead atoms. The molecule has 116 valence electrons. The van der Waals surface area contributed by atoms with Crippen LogP contribution in [0.25, 0.3) is 0 Å². The molecule has 0 aromatic heterocycles. The Morgan fingerprint density at radius 3 is 2.14 bits per heavy atom. The van der Waals surface area contributed by atoms with Gasteiger partial charge in [0.05, 0.1) is 7.11 Å². The second-order valence-electron chi connectivity index (χ2n) is 7.10. The molecule has 0 radical (unpaired) electrons. The van der Waals surface area contributed by atoms with Gasteiger partial charge in [-0.15, -0.1) is 0 Å². The molecule has 1 aliphatic rings. The molecule has 1 aliphatic heterocycles. The van der Waals surface area contributed by atoms with Gasteiger partial charge in [-0.2, -0.15) is 0 Å². The molecule has 0 fully saturated rings. The van der Waals surface area contributed by atoms with Crippen LogP contribution in [0.3, 0.4) is 0 Å². The first-order valence-corrected chi connectivity index (χ1v) is 7.88. The summed E-state index contributed by atoms with van der Waals surface area (Å²) in [6.07, 6.45) is 0. The smallest absolute Gasteiger partial charge is 0.119 e. The fourth-order valence-corrected chi connectivity index (χ4v) is 3.84. The summed E-state index contributed by atoms with van der Waals surface area (Å²) in [5.74, 6) is 0.934. The maximum atomic E-state index is 5.44. The number of benzene rings is 2. The molecule has 0 saturated heterocycles. The van der Waals surface area contributed by atoms with Gasteiger partial charge < -0.3 is 4.74 Å². The van der Waals surface area contributed by atoms with Crippen LogP contribution in [0.15, 0.2) is 48.5 Å². The predicted octanol–water partition coefficient (Wildman–Crippen LogP) is 4.68. The lowest BCUT2D eigenvalue weighted by Crippen LogP contribution is -2.44. The zero-order valence-electron chi connectivity index (χ0n) is 14.2. The minimum absolute atomic E-state index is 0.000939. The lowest BCUT2D eigenvalue weighted by molar-refractivity contribution is 0.0311. The Morgan fingerprint density at radius 1 is 0.864 bits per heavy atom. The molecule has 0 aliphatic carbocycles. The lowest BCUT2D eigenvalue weighted by Gasteiger charge is -2.41. The van der Waals surface area contributed by atoms with E-state index < -0.39 is 0 Å². The quantitative estimate of drug-likeness (QED) is 0.815. The van der Waals surface area contributed by atoms with Crippen molar-refractivity contribution in [2.75, 3.05) is 7.11 Å². The Bertz CT molecular complexity index is 673. The fraction of sp³-hybridized carbons (Fsp3) is 0.400. The Labute approximate surface area is 133 Å². The van der Waals surface area contributed by atoms with E-state index in [-0.39, 0.29) is 11.1 Å². The van der Waals surface area contributed by atoms with Crippen molar-refractivity contribution < 1.29 is 4.74 Å². The number of rotatable bonds is 3. The largest absolute Gasteiger partial charge is 0.497 e. The number of ether oxygens (including phenoxy) is 1. The second-order valence-corrected chi connectivity index (χ2v) is 7.10. The zero-order chi connectivity index (χ0) is 16.0. The van der Waals surface area contributed by atoms with Crippen LogP contribution in [0.4, 0.5) is 0 Å². The first-order chi connectivity index (χ1) is 10.4. The van der Waals surface area contributed by atoms with Gasteiger partial charge in [-0.25, -0.2) is 0 Å². The van der Waals surface area contributed by atoms with Gasteiger partial charge >= 0.3 is 0 Å². The summed E-state index contributed by atoms with van der Waals surface area (Å²) in [5.41, 5.74) is 4.09. The molecule has 0 atom stereocenters. The summed E-state index contributed by atoms with van der Waals surface area (Å²) in [6, 6.07) is 17.2. The topological polar surface area (TPSA) is 12.5 Å². The summed E-state index contributed by atoms with van der Waals surface area (Å²) >= 11 is 0. The molecule has 2 heteroatoms. The van der Waals surface area contributed by atoms with Gasteiger partial charge in [0.25, 0.3) is 0 Å². The highest BCUT2D eigenvalue weighted by molar-refractivity contribution is 5.47. The minimum atomic E-state index is -0.0246. The Balaban J connectivity index is 2.05. The minimum Gasteiger partial charge on any atom is -0.497 e. The van der Waals surface area contributed by atoms with Crippen LogP contribution in [0.5, 0.6) is 5.75 Å². The molecule has 0 unspecified atom stereocenters. The number of nitrogens with zero attached hydrogens (tertiary/aromatic N) is 1. The molecule has 0 spiro atoms. The number of hydrogen-bond acceptors (Lipinski definition) is 2. The average Bonchev–Trinajstić information content (AvgIpc) is 2.66. The van der Waals surface area contributed by atoms with E-state index in [1.54, 1.807) is 7.11 Å². The van der Waals surface area contributed by atoms with Gasteiger partial charge in [-0.05, 0) is 56.5 Å². The predicted molar refractivity (Wildman–Crippen MR) is 91.0 cm³/mol. The zero-order valence-corrected chi connectivity index (χ0v) is 14.2. The highest BCUT2D eigenvalue weighted by Gasteiger charge is 2.48. The third kappa shape index (κ3) is 2.22. The van der Waals surface area contributed by atoms with E-state index in [0.29, 0.717) is 0 Å². The van der Waals surface area contributed by atoms with Crippen LogP contribution in [-0.2, 0) is 17.6 Å².